The number of fused-ring (bicyclic) bond motifs is 4. The van der Waals surface area contributed by atoms with Crippen LogP contribution in [0.15, 0.2) is 42.5 Å². The summed E-state index contributed by atoms with van der Waals surface area (Å²) >= 11 is 6.24. The Balaban J connectivity index is 1.46. The van der Waals surface area contributed by atoms with Crippen molar-refractivity contribution in [3.63, 3.8) is 0 Å². The zero-order chi connectivity index (χ0) is 21.0. The number of carbonyl (C=O) groups excluding carboxylic acids is 1. The number of benzene rings is 2. The van der Waals surface area contributed by atoms with Crippen LogP contribution >= 0.6 is 11.6 Å². The predicted octanol–water partition coefficient (Wildman–Crippen LogP) is 6.51. The first-order valence-electron chi connectivity index (χ1n) is 10.7. The van der Waals surface area contributed by atoms with Crippen LogP contribution in [0.1, 0.15) is 46.5 Å². The van der Waals surface area contributed by atoms with E-state index in [0.29, 0.717) is 5.02 Å². The lowest BCUT2D eigenvalue weighted by molar-refractivity contribution is 0.00613. The van der Waals surface area contributed by atoms with Crippen molar-refractivity contribution in [2.45, 2.75) is 70.2 Å². The Kier molecular flexibility index (Phi) is 4.62. The van der Waals surface area contributed by atoms with Crippen LogP contribution in [0.4, 0.5) is 16.2 Å². The molecule has 0 saturated carbocycles. The lowest BCUT2D eigenvalue weighted by Gasteiger charge is -2.45. The van der Waals surface area contributed by atoms with Gasteiger partial charge in [-0.1, -0.05) is 23.7 Å². The molecular formula is C24H27ClN2O3. The summed E-state index contributed by atoms with van der Waals surface area (Å²) in [5.74, 6) is 1.62. The molecule has 3 heterocycles. The van der Waals surface area contributed by atoms with Crippen molar-refractivity contribution >= 4 is 29.1 Å². The summed E-state index contributed by atoms with van der Waals surface area (Å²) in [6, 6.07) is 14.7. The molecule has 0 N–H and O–H groups in total. The minimum atomic E-state index is -0.477. The van der Waals surface area contributed by atoms with E-state index >= 15 is 0 Å². The molecule has 2 atom stereocenters. The molecule has 3 aliphatic heterocycles. The molecule has 0 spiro atoms. The van der Waals surface area contributed by atoms with Gasteiger partial charge < -0.3 is 19.3 Å². The molecule has 5 nitrogen and oxygen atoms in total. The number of halogens is 1. The third kappa shape index (κ3) is 3.39. The number of hydrogen-bond acceptors (Lipinski definition) is 4. The second-order valence-electron chi connectivity index (χ2n) is 9.45. The summed E-state index contributed by atoms with van der Waals surface area (Å²) in [7, 11) is 0. The fraction of sp³-hybridized carbons (Fsp3) is 0.458. The molecule has 0 aromatic heterocycles. The van der Waals surface area contributed by atoms with Crippen LogP contribution in [0.25, 0.3) is 0 Å². The molecule has 5 rings (SSSR count). The van der Waals surface area contributed by atoms with E-state index in [0.717, 1.165) is 48.6 Å². The van der Waals surface area contributed by atoms with E-state index in [1.807, 2.05) is 62.1 Å². The molecule has 3 aliphatic rings. The monoisotopic (exact) mass is 426 g/mol. The van der Waals surface area contributed by atoms with Crippen molar-refractivity contribution in [3.8, 4) is 11.5 Å². The zero-order valence-electron chi connectivity index (χ0n) is 17.6. The Labute approximate surface area is 182 Å². The van der Waals surface area contributed by atoms with Gasteiger partial charge in [-0.05, 0) is 70.7 Å². The van der Waals surface area contributed by atoms with Gasteiger partial charge in [-0.2, -0.15) is 0 Å². The maximum Gasteiger partial charge on any atom is 0.410 e. The molecule has 0 aliphatic carbocycles. The first-order chi connectivity index (χ1) is 14.3. The second kappa shape index (κ2) is 7.09. The summed E-state index contributed by atoms with van der Waals surface area (Å²) in [4.78, 5) is 17.2. The van der Waals surface area contributed by atoms with E-state index < -0.39 is 5.60 Å². The van der Waals surface area contributed by atoms with Gasteiger partial charge in [0.1, 0.15) is 5.60 Å². The molecule has 1 amide bonds. The Morgan fingerprint density at radius 1 is 1.00 bits per heavy atom. The number of para-hydroxylation sites is 2. The van der Waals surface area contributed by atoms with E-state index in [1.54, 1.807) is 0 Å². The fourth-order valence-electron chi connectivity index (χ4n) is 5.12. The number of ether oxygens (including phenoxy) is 2. The number of piperidine rings is 1. The highest BCUT2D eigenvalue weighted by Crippen LogP contribution is 2.51. The highest BCUT2D eigenvalue weighted by molar-refractivity contribution is 6.30. The standard InChI is InChI=1S/C24H27ClN2O3/c1-24(2,3)30-23(28)26-16-9-10-17(26)14-18(13-16)27-19-6-4-5-7-21(19)29-22-12-15(25)8-11-20(22)27/h4-8,11-12,16-18H,9-10,13-14H2,1-3H3. The maximum atomic E-state index is 12.8. The Hall–Kier alpha value is -2.40. The third-order valence-electron chi connectivity index (χ3n) is 6.20. The van der Waals surface area contributed by atoms with Crippen LogP contribution < -0.4 is 9.64 Å². The van der Waals surface area contributed by atoms with Crippen molar-refractivity contribution < 1.29 is 14.3 Å². The molecule has 2 fully saturated rings. The highest BCUT2D eigenvalue weighted by Gasteiger charge is 2.47. The highest BCUT2D eigenvalue weighted by atomic mass is 35.5. The number of carbonyl (C=O) groups is 1. The van der Waals surface area contributed by atoms with E-state index in [2.05, 4.69) is 11.0 Å². The smallest absolute Gasteiger partial charge is 0.410 e. The number of nitrogens with zero attached hydrogens (tertiary/aromatic N) is 2. The largest absolute Gasteiger partial charge is 0.453 e. The lowest BCUT2D eigenvalue weighted by atomic mass is 9.94. The first-order valence-corrected chi connectivity index (χ1v) is 11.0. The van der Waals surface area contributed by atoms with Gasteiger partial charge in [0, 0.05) is 29.2 Å². The van der Waals surface area contributed by atoms with Gasteiger partial charge in [0.05, 0.1) is 11.4 Å². The number of rotatable bonds is 1. The van der Waals surface area contributed by atoms with E-state index in [1.165, 1.54) is 0 Å². The average Bonchev–Trinajstić information content (AvgIpc) is 2.95. The summed E-state index contributed by atoms with van der Waals surface area (Å²) in [5.41, 5.74) is 1.63. The topological polar surface area (TPSA) is 42.0 Å². The number of amides is 1. The number of anilines is 2. The Bertz CT molecular complexity index is 973. The van der Waals surface area contributed by atoms with Gasteiger partial charge in [0.15, 0.2) is 11.5 Å². The van der Waals surface area contributed by atoms with Crippen LogP contribution in [-0.2, 0) is 4.74 Å². The summed E-state index contributed by atoms with van der Waals surface area (Å²) in [6.45, 7) is 5.77. The second-order valence-corrected chi connectivity index (χ2v) is 9.89. The van der Waals surface area contributed by atoms with Crippen LogP contribution in [-0.4, -0.2) is 34.7 Å². The molecule has 30 heavy (non-hydrogen) atoms. The van der Waals surface area contributed by atoms with E-state index in [4.69, 9.17) is 21.1 Å². The summed E-state index contributed by atoms with van der Waals surface area (Å²) < 4.78 is 11.9. The van der Waals surface area contributed by atoms with Gasteiger partial charge in [-0.3, -0.25) is 0 Å². The first kappa shape index (κ1) is 19.6. The maximum absolute atomic E-state index is 12.8. The van der Waals surface area contributed by atoms with Gasteiger partial charge in [0.2, 0.25) is 0 Å². The lowest BCUT2D eigenvalue weighted by Crippen LogP contribution is -2.53. The Morgan fingerprint density at radius 3 is 2.37 bits per heavy atom. The fourth-order valence-corrected chi connectivity index (χ4v) is 5.29. The van der Waals surface area contributed by atoms with Crippen LogP contribution in [0.2, 0.25) is 5.02 Å². The van der Waals surface area contributed by atoms with Gasteiger partial charge >= 0.3 is 6.09 Å². The van der Waals surface area contributed by atoms with E-state index in [-0.39, 0.29) is 24.2 Å². The van der Waals surface area contributed by atoms with Crippen molar-refractivity contribution in [1.82, 2.24) is 4.90 Å². The molecule has 6 heteroatoms. The van der Waals surface area contributed by atoms with Crippen molar-refractivity contribution in [1.29, 1.82) is 0 Å². The van der Waals surface area contributed by atoms with Crippen LogP contribution in [0, 0.1) is 0 Å². The molecular weight excluding hydrogens is 400 g/mol. The zero-order valence-corrected chi connectivity index (χ0v) is 18.4. The minimum Gasteiger partial charge on any atom is -0.453 e. The van der Waals surface area contributed by atoms with Crippen molar-refractivity contribution in [2.24, 2.45) is 0 Å². The molecule has 2 bridgehead atoms. The van der Waals surface area contributed by atoms with Gasteiger partial charge in [-0.15, -0.1) is 0 Å². The third-order valence-corrected chi connectivity index (χ3v) is 6.44. The molecule has 0 radical (unpaired) electrons. The van der Waals surface area contributed by atoms with Crippen molar-refractivity contribution in [3.05, 3.63) is 47.5 Å². The Morgan fingerprint density at radius 2 is 1.67 bits per heavy atom. The average molecular weight is 427 g/mol. The molecule has 2 aromatic carbocycles. The minimum absolute atomic E-state index is 0.178. The SMILES string of the molecule is CC(C)(C)OC(=O)N1C2CCC1CC(N1c3ccccc3Oc3cc(Cl)ccc31)C2. The van der Waals surface area contributed by atoms with Gasteiger partial charge in [-0.25, -0.2) is 4.79 Å². The van der Waals surface area contributed by atoms with Gasteiger partial charge in [0.25, 0.3) is 0 Å². The number of hydrogen-bond donors (Lipinski definition) is 0. The van der Waals surface area contributed by atoms with Crippen LogP contribution in [0.5, 0.6) is 11.5 Å². The molecule has 2 aromatic rings. The molecule has 2 saturated heterocycles. The summed E-state index contributed by atoms with van der Waals surface area (Å²) in [5, 5.41) is 0.660. The molecule has 2 unspecified atom stereocenters. The predicted molar refractivity (Wildman–Crippen MR) is 118 cm³/mol. The van der Waals surface area contributed by atoms with Crippen molar-refractivity contribution in [2.75, 3.05) is 4.90 Å². The quantitative estimate of drug-likeness (QED) is 0.521. The van der Waals surface area contributed by atoms with E-state index in [9.17, 15) is 4.79 Å². The summed E-state index contributed by atoms with van der Waals surface area (Å²) in [6.07, 6.45) is 3.70. The normalized spacial score (nSPS) is 24.7. The van der Waals surface area contributed by atoms with Crippen LogP contribution in [0.3, 0.4) is 0 Å². The molecule has 158 valence electrons.